The van der Waals surface area contributed by atoms with Crippen LogP contribution in [-0.2, 0) is 9.53 Å². The van der Waals surface area contributed by atoms with E-state index in [0.29, 0.717) is 0 Å². The van der Waals surface area contributed by atoms with Crippen molar-refractivity contribution < 1.29 is 9.53 Å². The van der Waals surface area contributed by atoms with Crippen molar-refractivity contribution in [3.8, 4) is 0 Å². The molecule has 0 amide bonds. The number of hydrogen-bond acceptors (Lipinski definition) is 3. The van der Waals surface area contributed by atoms with E-state index < -0.39 is 5.54 Å². The minimum atomic E-state index is -0.689. The van der Waals surface area contributed by atoms with Gasteiger partial charge in [-0.05, 0) is 47.8 Å². The summed E-state index contributed by atoms with van der Waals surface area (Å²) < 4.78 is 5.93. The van der Waals surface area contributed by atoms with Crippen molar-refractivity contribution in [2.75, 3.05) is 12.4 Å². The first-order valence-electron chi connectivity index (χ1n) is 6.04. The average Bonchev–Trinajstić information content (AvgIpc) is 3.10. The van der Waals surface area contributed by atoms with Gasteiger partial charge >= 0.3 is 5.97 Å². The molecule has 2 rings (SSSR count). The molecule has 4 heteroatoms. The molecule has 1 unspecified atom stereocenters. The van der Waals surface area contributed by atoms with Gasteiger partial charge < -0.3 is 10.1 Å². The summed E-state index contributed by atoms with van der Waals surface area (Å²) in [4.78, 5) is 12.1. The van der Waals surface area contributed by atoms with E-state index in [9.17, 15) is 4.79 Å². The number of carbonyl (C=O) groups is 1. The highest BCUT2D eigenvalue weighted by Gasteiger charge is 2.58. The van der Waals surface area contributed by atoms with Crippen LogP contribution < -0.4 is 5.32 Å². The van der Waals surface area contributed by atoms with Gasteiger partial charge in [-0.2, -0.15) is 0 Å². The third-order valence-corrected chi connectivity index (χ3v) is 4.75. The predicted molar refractivity (Wildman–Crippen MR) is 75.5 cm³/mol. The lowest BCUT2D eigenvalue weighted by atomic mass is 9.83. The molecule has 1 fully saturated rings. The quantitative estimate of drug-likeness (QED) is 0.864. The summed E-state index contributed by atoms with van der Waals surface area (Å²) in [5, 5.41) is 3.36. The largest absolute Gasteiger partial charge is 0.467 e. The lowest BCUT2D eigenvalue weighted by molar-refractivity contribution is -0.147. The fraction of sp³-hybridized carbons (Fsp3) is 0.500. The summed E-state index contributed by atoms with van der Waals surface area (Å²) in [5.41, 5.74) is 0.194. The maximum atomic E-state index is 12.1. The van der Waals surface area contributed by atoms with Crippen molar-refractivity contribution in [1.82, 2.24) is 0 Å². The van der Waals surface area contributed by atoms with Crippen LogP contribution in [0.15, 0.2) is 28.7 Å². The molecule has 1 atom stereocenters. The number of nitrogens with one attached hydrogen (secondary N) is 1. The third kappa shape index (κ3) is 2.14. The summed E-state index contributed by atoms with van der Waals surface area (Å²) in [6.07, 6.45) is 2.08. The Bertz CT molecular complexity index is 471. The molecule has 0 heterocycles. The van der Waals surface area contributed by atoms with Crippen molar-refractivity contribution in [2.24, 2.45) is 5.41 Å². The van der Waals surface area contributed by atoms with Gasteiger partial charge in [-0.1, -0.05) is 19.1 Å². The molecule has 0 spiro atoms. The van der Waals surface area contributed by atoms with Crippen molar-refractivity contribution in [3.63, 3.8) is 0 Å². The summed E-state index contributed by atoms with van der Waals surface area (Å²) in [5.74, 6) is -0.210. The van der Waals surface area contributed by atoms with Crippen LogP contribution in [0.25, 0.3) is 0 Å². The van der Waals surface area contributed by atoms with Gasteiger partial charge in [-0.15, -0.1) is 0 Å². The van der Waals surface area contributed by atoms with Gasteiger partial charge in [0.2, 0.25) is 0 Å². The van der Waals surface area contributed by atoms with E-state index in [0.717, 1.165) is 23.0 Å². The standard InChI is InChI=1S/C14H18BrNO2/c1-13(8-9-13)14(2,12(17)18-3)16-11-7-5-4-6-10(11)15/h4-7,16H,8-9H2,1-3H3. The van der Waals surface area contributed by atoms with Crippen LogP contribution in [0.2, 0.25) is 0 Å². The van der Waals surface area contributed by atoms with E-state index in [2.05, 4.69) is 28.2 Å². The maximum absolute atomic E-state index is 12.1. The van der Waals surface area contributed by atoms with Crippen LogP contribution in [-0.4, -0.2) is 18.6 Å². The second-order valence-electron chi connectivity index (χ2n) is 5.28. The summed E-state index contributed by atoms with van der Waals surface area (Å²) in [6, 6.07) is 7.80. The van der Waals surface area contributed by atoms with Crippen LogP contribution in [0.4, 0.5) is 5.69 Å². The maximum Gasteiger partial charge on any atom is 0.331 e. The Labute approximate surface area is 116 Å². The number of methoxy groups -OCH3 is 1. The van der Waals surface area contributed by atoms with Gasteiger partial charge in [0.05, 0.1) is 7.11 Å². The van der Waals surface area contributed by atoms with Gasteiger partial charge in [0.1, 0.15) is 5.54 Å². The number of hydrogen-bond donors (Lipinski definition) is 1. The molecule has 1 aliphatic carbocycles. The van der Waals surface area contributed by atoms with E-state index in [1.807, 2.05) is 31.2 Å². The first-order chi connectivity index (χ1) is 8.43. The lowest BCUT2D eigenvalue weighted by Crippen LogP contribution is -2.51. The number of anilines is 1. The van der Waals surface area contributed by atoms with Crippen molar-refractivity contribution in [3.05, 3.63) is 28.7 Å². The van der Waals surface area contributed by atoms with Crippen LogP contribution in [0.1, 0.15) is 26.7 Å². The van der Waals surface area contributed by atoms with Crippen LogP contribution in [0.5, 0.6) is 0 Å². The highest BCUT2D eigenvalue weighted by molar-refractivity contribution is 9.10. The fourth-order valence-corrected chi connectivity index (χ4v) is 2.56. The SMILES string of the molecule is COC(=O)C(C)(Nc1ccccc1Br)C1(C)CC1. The van der Waals surface area contributed by atoms with Gasteiger partial charge in [0.25, 0.3) is 0 Å². The Balaban J connectivity index is 2.32. The molecule has 0 saturated heterocycles. The minimum absolute atomic E-state index is 0.0324. The van der Waals surface area contributed by atoms with Crippen LogP contribution in [0.3, 0.4) is 0 Å². The van der Waals surface area contributed by atoms with Crippen molar-refractivity contribution in [1.29, 1.82) is 0 Å². The molecular formula is C14H18BrNO2. The van der Waals surface area contributed by atoms with Gasteiger partial charge in [0, 0.05) is 15.6 Å². The highest BCUT2D eigenvalue weighted by atomic mass is 79.9. The number of carbonyl (C=O) groups excluding carboxylic acids is 1. The molecule has 0 bridgehead atoms. The predicted octanol–water partition coefficient (Wildman–Crippen LogP) is 3.59. The molecule has 0 radical (unpaired) electrons. The molecule has 1 N–H and O–H groups in total. The van der Waals surface area contributed by atoms with E-state index in [-0.39, 0.29) is 11.4 Å². The zero-order chi connectivity index (χ0) is 13.4. The molecule has 1 aromatic rings. The summed E-state index contributed by atoms with van der Waals surface area (Å²) in [6.45, 7) is 4.04. The third-order valence-electron chi connectivity index (χ3n) is 4.06. The molecule has 0 aliphatic heterocycles. The van der Waals surface area contributed by atoms with Crippen LogP contribution >= 0.6 is 15.9 Å². The average molecular weight is 312 g/mol. The molecular weight excluding hydrogens is 294 g/mol. The Hall–Kier alpha value is -1.03. The monoisotopic (exact) mass is 311 g/mol. The van der Waals surface area contributed by atoms with Gasteiger partial charge in [-0.3, -0.25) is 0 Å². The molecule has 1 aromatic carbocycles. The Kier molecular flexibility index (Phi) is 3.41. The molecule has 3 nitrogen and oxygen atoms in total. The molecule has 1 saturated carbocycles. The molecule has 18 heavy (non-hydrogen) atoms. The Morgan fingerprint density at radius 2 is 2.06 bits per heavy atom. The normalized spacial score (nSPS) is 19.8. The van der Waals surface area contributed by atoms with E-state index >= 15 is 0 Å². The van der Waals surface area contributed by atoms with Crippen molar-refractivity contribution >= 4 is 27.6 Å². The van der Waals surface area contributed by atoms with Crippen LogP contribution in [0, 0.1) is 5.41 Å². The van der Waals surface area contributed by atoms with Gasteiger partial charge in [-0.25, -0.2) is 4.79 Å². The summed E-state index contributed by atoms with van der Waals surface area (Å²) in [7, 11) is 1.44. The van der Waals surface area contributed by atoms with E-state index in [1.165, 1.54) is 7.11 Å². The fourth-order valence-electron chi connectivity index (χ4n) is 2.17. The molecule has 1 aliphatic rings. The zero-order valence-electron chi connectivity index (χ0n) is 10.9. The van der Waals surface area contributed by atoms with E-state index in [1.54, 1.807) is 0 Å². The number of rotatable bonds is 4. The number of benzene rings is 1. The highest BCUT2D eigenvalue weighted by Crippen LogP contribution is 2.55. The number of esters is 1. The Morgan fingerprint density at radius 3 is 2.56 bits per heavy atom. The second kappa shape index (κ2) is 4.57. The first-order valence-corrected chi connectivity index (χ1v) is 6.83. The number of ether oxygens (including phenoxy) is 1. The van der Waals surface area contributed by atoms with E-state index in [4.69, 9.17) is 4.74 Å². The minimum Gasteiger partial charge on any atom is -0.467 e. The zero-order valence-corrected chi connectivity index (χ0v) is 12.5. The molecule has 98 valence electrons. The lowest BCUT2D eigenvalue weighted by Gasteiger charge is -2.35. The smallest absolute Gasteiger partial charge is 0.331 e. The molecule has 0 aromatic heterocycles. The van der Waals surface area contributed by atoms with Gasteiger partial charge in [0.15, 0.2) is 0 Å². The Morgan fingerprint density at radius 1 is 1.44 bits per heavy atom. The first kappa shape index (κ1) is 13.4. The number of para-hydroxylation sites is 1. The second-order valence-corrected chi connectivity index (χ2v) is 6.14. The summed E-state index contributed by atoms with van der Waals surface area (Å²) >= 11 is 3.49. The topological polar surface area (TPSA) is 38.3 Å². The number of halogens is 1. The van der Waals surface area contributed by atoms with Crippen molar-refractivity contribution in [2.45, 2.75) is 32.2 Å².